The van der Waals surface area contributed by atoms with Crippen molar-refractivity contribution in [2.75, 3.05) is 0 Å². The molecule has 0 atom stereocenters. The van der Waals surface area contributed by atoms with E-state index in [1.165, 1.54) is 17.8 Å². The third-order valence-corrected chi connectivity index (χ3v) is 7.48. The van der Waals surface area contributed by atoms with Crippen LogP contribution in [0.1, 0.15) is 5.56 Å². The maximum Gasteiger partial charge on any atom is 0.339 e. The maximum atomic E-state index is 12.9. The number of amides is 1. The van der Waals surface area contributed by atoms with Gasteiger partial charge in [-0.15, -0.1) is 0 Å². The Hall–Kier alpha value is -3.59. The highest BCUT2D eigenvalue weighted by molar-refractivity contribution is 8.18. The molecule has 9 heteroatoms. The first-order chi connectivity index (χ1) is 16.9. The molecule has 35 heavy (non-hydrogen) atoms. The minimum Gasteiger partial charge on any atom is -0.379 e. The van der Waals surface area contributed by atoms with Gasteiger partial charge in [0.1, 0.15) is 10.6 Å². The second-order valence-corrected chi connectivity index (χ2v) is 10.6. The number of fused-ring (bicyclic) bond motifs is 1. The van der Waals surface area contributed by atoms with Gasteiger partial charge in [0.2, 0.25) is 0 Å². The fraction of sp³-hybridized carbons (Fsp3) is 0. The van der Waals surface area contributed by atoms with Crippen molar-refractivity contribution in [3.63, 3.8) is 0 Å². The van der Waals surface area contributed by atoms with Gasteiger partial charge in [-0.2, -0.15) is 8.42 Å². The lowest BCUT2D eigenvalue weighted by Crippen LogP contribution is -2.19. The summed E-state index contributed by atoms with van der Waals surface area (Å²) in [6.45, 7) is 0. The topological polar surface area (TPSA) is 84.8 Å². The number of rotatable bonds is 5. The lowest BCUT2D eigenvalue weighted by molar-refractivity contribution is -0.115. The molecule has 4 aromatic carbocycles. The third kappa shape index (κ3) is 5.40. The molecule has 4 aromatic rings. The quantitative estimate of drug-likeness (QED) is 0.252. The van der Waals surface area contributed by atoms with Crippen molar-refractivity contribution < 1.29 is 17.4 Å². The van der Waals surface area contributed by atoms with Crippen molar-refractivity contribution in [3.05, 3.63) is 106 Å². The molecule has 0 radical (unpaired) electrons. The molecule has 1 fully saturated rings. The Morgan fingerprint density at radius 1 is 0.886 bits per heavy atom. The van der Waals surface area contributed by atoms with Crippen LogP contribution in [0.2, 0.25) is 5.02 Å². The lowest BCUT2D eigenvalue weighted by atomic mass is 10.1. The number of thioether (sulfide) groups is 1. The lowest BCUT2D eigenvalue weighted by Gasteiger charge is -2.08. The SMILES string of the molecule is O=C1NC(=Nc2ccc(Cl)cc2)S/C1=C\c1cccc(OS(=O)(=O)c2ccc3ccccc3c2)c1. The minimum absolute atomic E-state index is 0.0636. The Labute approximate surface area is 211 Å². The van der Waals surface area contributed by atoms with Crippen LogP contribution in [0.3, 0.4) is 0 Å². The first kappa shape index (κ1) is 23.2. The maximum absolute atomic E-state index is 12.9. The average Bonchev–Trinajstić information content (AvgIpc) is 3.18. The molecule has 6 nitrogen and oxygen atoms in total. The molecule has 0 saturated carbocycles. The van der Waals surface area contributed by atoms with Crippen molar-refractivity contribution in [2.24, 2.45) is 4.99 Å². The molecular weight excluding hydrogens is 504 g/mol. The van der Waals surface area contributed by atoms with Crippen molar-refractivity contribution in [1.82, 2.24) is 5.32 Å². The monoisotopic (exact) mass is 520 g/mol. The second kappa shape index (κ2) is 9.58. The zero-order chi connectivity index (χ0) is 24.4. The van der Waals surface area contributed by atoms with Gasteiger partial charge in [0.25, 0.3) is 5.91 Å². The van der Waals surface area contributed by atoms with Crippen LogP contribution >= 0.6 is 23.4 Å². The summed E-state index contributed by atoms with van der Waals surface area (Å²) in [7, 11) is -4.04. The number of hydrogen-bond acceptors (Lipinski definition) is 6. The van der Waals surface area contributed by atoms with Crippen LogP contribution in [0.4, 0.5) is 5.69 Å². The van der Waals surface area contributed by atoms with Crippen LogP contribution in [0.25, 0.3) is 16.8 Å². The van der Waals surface area contributed by atoms with E-state index in [1.807, 2.05) is 24.3 Å². The fourth-order valence-corrected chi connectivity index (χ4v) is 5.35. The molecule has 1 heterocycles. The molecule has 0 unspecified atom stereocenters. The van der Waals surface area contributed by atoms with E-state index in [0.717, 1.165) is 10.8 Å². The molecule has 1 saturated heterocycles. The summed E-state index contributed by atoms with van der Waals surface area (Å²) < 4.78 is 31.1. The largest absolute Gasteiger partial charge is 0.379 e. The molecule has 1 amide bonds. The van der Waals surface area contributed by atoms with Gasteiger partial charge in [-0.05, 0) is 82.7 Å². The Bertz CT molecular complexity index is 1610. The van der Waals surface area contributed by atoms with Crippen molar-refractivity contribution in [3.8, 4) is 5.75 Å². The van der Waals surface area contributed by atoms with Gasteiger partial charge >= 0.3 is 10.1 Å². The van der Waals surface area contributed by atoms with E-state index in [1.54, 1.807) is 66.7 Å². The van der Waals surface area contributed by atoms with Crippen molar-refractivity contribution >= 4 is 67.1 Å². The summed E-state index contributed by atoms with van der Waals surface area (Å²) in [5, 5.41) is 5.50. The predicted molar refractivity (Wildman–Crippen MR) is 140 cm³/mol. The van der Waals surface area contributed by atoms with E-state index in [2.05, 4.69) is 10.3 Å². The van der Waals surface area contributed by atoms with E-state index in [4.69, 9.17) is 15.8 Å². The molecule has 1 aliphatic rings. The Balaban J connectivity index is 1.35. The average molecular weight is 521 g/mol. The van der Waals surface area contributed by atoms with Gasteiger partial charge in [-0.25, -0.2) is 4.99 Å². The van der Waals surface area contributed by atoms with E-state index >= 15 is 0 Å². The summed E-state index contributed by atoms with van der Waals surface area (Å²) in [6.07, 6.45) is 1.65. The zero-order valence-electron chi connectivity index (χ0n) is 18.0. The van der Waals surface area contributed by atoms with Gasteiger partial charge in [0.15, 0.2) is 5.17 Å². The van der Waals surface area contributed by atoms with E-state index in [9.17, 15) is 13.2 Å². The van der Waals surface area contributed by atoms with Crippen LogP contribution in [0.5, 0.6) is 5.75 Å². The summed E-state index contributed by atoms with van der Waals surface area (Å²) in [6, 6.07) is 25.8. The second-order valence-electron chi connectivity index (χ2n) is 7.58. The summed E-state index contributed by atoms with van der Waals surface area (Å²) in [5.41, 5.74) is 1.27. The zero-order valence-corrected chi connectivity index (χ0v) is 20.4. The smallest absolute Gasteiger partial charge is 0.339 e. The molecule has 0 spiro atoms. The number of nitrogens with zero attached hydrogens (tertiary/aromatic N) is 1. The highest BCUT2D eigenvalue weighted by Gasteiger charge is 2.24. The predicted octanol–water partition coefficient (Wildman–Crippen LogP) is 6.15. The number of aliphatic imine (C=N–C) groups is 1. The van der Waals surface area contributed by atoms with Crippen LogP contribution in [0.15, 0.2) is 106 Å². The van der Waals surface area contributed by atoms with Gasteiger partial charge in [-0.1, -0.05) is 54.1 Å². The number of carbonyl (C=O) groups excluding carboxylic acids is 1. The van der Waals surface area contributed by atoms with Gasteiger partial charge < -0.3 is 9.50 Å². The summed E-state index contributed by atoms with van der Waals surface area (Å²) >= 11 is 7.08. The van der Waals surface area contributed by atoms with Gasteiger partial charge in [0, 0.05) is 5.02 Å². The molecule has 1 aliphatic heterocycles. The normalized spacial score (nSPS) is 16.1. The molecule has 0 bridgehead atoms. The molecule has 174 valence electrons. The molecular formula is C26H17ClN2O4S2. The Morgan fingerprint density at radius 2 is 1.66 bits per heavy atom. The number of carbonyl (C=O) groups is 1. The van der Waals surface area contributed by atoms with Crippen molar-refractivity contribution in [2.45, 2.75) is 4.90 Å². The van der Waals surface area contributed by atoms with Crippen LogP contribution in [-0.2, 0) is 14.9 Å². The summed E-state index contributed by atoms with van der Waals surface area (Å²) in [4.78, 5) is 17.3. The van der Waals surface area contributed by atoms with Crippen LogP contribution in [-0.4, -0.2) is 19.5 Å². The first-order valence-electron chi connectivity index (χ1n) is 10.4. The number of halogens is 1. The Morgan fingerprint density at radius 3 is 2.46 bits per heavy atom. The minimum atomic E-state index is -4.04. The van der Waals surface area contributed by atoms with Crippen molar-refractivity contribution in [1.29, 1.82) is 0 Å². The highest BCUT2D eigenvalue weighted by Crippen LogP contribution is 2.30. The van der Waals surface area contributed by atoms with Crippen LogP contribution < -0.4 is 9.50 Å². The van der Waals surface area contributed by atoms with E-state index in [-0.39, 0.29) is 16.6 Å². The number of benzene rings is 4. The van der Waals surface area contributed by atoms with E-state index in [0.29, 0.717) is 26.3 Å². The fourth-order valence-electron chi connectivity index (χ4n) is 3.42. The highest BCUT2D eigenvalue weighted by atomic mass is 35.5. The molecule has 0 aliphatic carbocycles. The summed E-state index contributed by atoms with van der Waals surface area (Å²) in [5.74, 6) is -0.149. The number of nitrogens with one attached hydrogen (secondary N) is 1. The van der Waals surface area contributed by atoms with Gasteiger partial charge in [-0.3, -0.25) is 4.79 Å². The van der Waals surface area contributed by atoms with Gasteiger partial charge in [0.05, 0.1) is 10.6 Å². The molecule has 1 N–H and O–H groups in total. The number of amidine groups is 1. The van der Waals surface area contributed by atoms with Crippen LogP contribution in [0, 0.1) is 0 Å². The molecule has 0 aromatic heterocycles. The third-order valence-electron chi connectivity index (χ3n) is 5.08. The number of hydrogen-bond donors (Lipinski definition) is 1. The first-order valence-corrected chi connectivity index (χ1v) is 13.0. The molecule has 5 rings (SSSR count). The van der Waals surface area contributed by atoms with E-state index < -0.39 is 10.1 Å². The Kier molecular flexibility index (Phi) is 6.34. The standard InChI is InChI=1S/C26H17ClN2O4S2/c27-20-9-11-21(12-10-20)28-26-29-25(30)24(34-26)15-17-4-3-7-22(14-17)33-35(31,32)23-13-8-18-5-1-2-6-19(18)16-23/h1-16H,(H,28,29,30)/b24-15-.